The van der Waals surface area contributed by atoms with Crippen LogP contribution < -0.4 is 0 Å². The summed E-state index contributed by atoms with van der Waals surface area (Å²) in [5.74, 6) is 5.50. The molecule has 4 rings (SSSR count). The van der Waals surface area contributed by atoms with Gasteiger partial charge in [-0.3, -0.25) is 4.79 Å². The van der Waals surface area contributed by atoms with Crippen LogP contribution in [0, 0.1) is 52.3 Å². The lowest BCUT2D eigenvalue weighted by Crippen LogP contribution is -2.64. The van der Waals surface area contributed by atoms with Crippen molar-refractivity contribution in [2.75, 3.05) is 0 Å². The van der Waals surface area contributed by atoms with Crippen molar-refractivity contribution < 1.29 is 9.53 Å². The third-order valence-corrected chi connectivity index (χ3v) is 16.0. The quantitative estimate of drug-likeness (QED) is 0.184. The number of hydrogen-bond acceptors (Lipinski definition) is 2. The third-order valence-electron chi connectivity index (χ3n) is 12.4. The summed E-state index contributed by atoms with van der Waals surface area (Å²) in [6.45, 7) is 16.9. The summed E-state index contributed by atoms with van der Waals surface area (Å²) in [7, 11) is 0. The van der Waals surface area contributed by atoms with Crippen molar-refractivity contribution >= 4 is 37.8 Å². The molecule has 4 aliphatic carbocycles. The Kier molecular flexibility index (Phi) is 9.64. The molecule has 0 amide bonds. The summed E-state index contributed by atoms with van der Waals surface area (Å²) in [6.07, 6.45) is 15.9. The van der Waals surface area contributed by atoms with E-state index in [2.05, 4.69) is 80.3 Å². The highest BCUT2D eigenvalue weighted by Gasteiger charge is 2.67. The zero-order valence-corrected chi connectivity index (χ0v) is 28.1. The maximum atomic E-state index is 12.6. The lowest BCUT2D eigenvalue weighted by Gasteiger charge is -2.66. The van der Waals surface area contributed by atoms with Gasteiger partial charge in [-0.2, -0.15) is 0 Å². The Morgan fingerprint density at radius 3 is 2.41 bits per heavy atom. The van der Waals surface area contributed by atoms with Gasteiger partial charge in [0.25, 0.3) is 0 Å². The second-order valence-corrected chi connectivity index (χ2v) is 17.5. The Bertz CT molecular complexity index is 799. The molecule has 0 spiro atoms. The van der Waals surface area contributed by atoms with E-state index in [1.165, 1.54) is 57.8 Å². The smallest absolute Gasteiger partial charge is 0.306 e. The van der Waals surface area contributed by atoms with Gasteiger partial charge in [0.15, 0.2) is 0 Å². The van der Waals surface area contributed by atoms with E-state index >= 15 is 0 Å². The number of halogens is 2. The maximum absolute atomic E-state index is 12.6. The number of hydrogen-bond donors (Lipinski definition) is 0. The van der Waals surface area contributed by atoms with E-state index in [4.69, 9.17) is 4.74 Å². The fourth-order valence-electron chi connectivity index (χ4n) is 9.94. The van der Waals surface area contributed by atoms with Crippen LogP contribution in [0.25, 0.3) is 0 Å². The van der Waals surface area contributed by atoms with Crippen molar-refractivity contribution in [3.8, 4) is 0 Å². The van der Waals surface area contributed by atoms with Crippen LogP contribution in [0.1, 0.15) is 132 Å². The van der Waals surface area contributed by atoms with Gasteiger partial charge >= 0.3 is 5.97 Å². The highest BCUT2D eigenvalue weighted by atomic mass is 79.9. The van der Waals surface area contributed by atoms with Crippen LogP contribution in [0.15, 0.2) is 0 Å². The number of carbonyl (C=O) groups excluding carboxylic acids is 1. The summed E-state index contributed by atoms with van der Waals surface area (Å²) >= 11 is 8.62. The minimum atomic E-state index is 0.00630. The highest BCUT2D eigenvalue weighted by molar-refractivity contribution is 9.12. The first kappa shape index (κ1) is 30.4. The van der Waals surface area contributed by atoms with E-state index in [0.29, 0.717) is 22.6 Å². The van der Waals surface area contributed by atoms with E-state index in [1.54, 1.807) is 0 Å². The Labute approximate surface area is 245 Å². The van der Waals surface area contributed by atoms with Crippen LogP contribution >= 0.6 is 31.9 Å². The number of rotatable bonds is 9. The molecule has 0 heterocycles. The van der Waals surface area contributed by atoms with Gasteiger partial charge < -0.3 is 4.74 Å². The van der Waals surface area contributed by atoms with E-state index in [9.17, 15) is 4.79 Å². The third kappa shape index (κ3) is 5.65. The van der Waals surface area contributed by atoms with Crippen molar-refractivity contribution in [3.05, 3.63) is 0 Å². The molecule has 0 aromatic carbocycles. The maximum Gasteiger partial charge on any atom is 0.306 e. The molecule has 11 atom stereocenters. The molecule has 0 unspecified atom stereocenters. The molecule has 0 radical (unpaired) electrons. The largest absolute Gasteiger partial charge is 0.462 e. The Balaban J connectivity index is 1.46. The van der Waals surface area contributed by atoms with Gasteiger partial charge in [-0.25, -0.2) is 0 Å². The molecule has 0 bridgehead atoms. The Morgan fingerprint density at radius 1 is 1.00 bits per heavy atom. The summed E-state index contributed by atoms with van der Waals surface area (Å²) in [5, 5.41) is 0. The second kappa shape index (κ2) is 11.7. The predicted molar refractivity (Wildman–Crippen MR) is 163 cm³/mol. The average molecular weight is 645 g/mol. The van der Waals surface area contributed by atoms with Gasteiger partial charge in [-0.05, 0) is 97.2 Å². The first-order valence-corrected chi connectivity index (χ1v) is 17.6. The van der Waals surface area contributed by atoms with Crippen molar-refractivity contribution in [3.63, 3.8) is 0 Å². The molecule has 0 aliphatic heterocycles. The molecule has 2 nitrogen and oxygen atoms in total. The monoisotopic (exact) mass is 642 g/mol. The number of ether oxygens (including phenoxy) is 1. The number of alkyl halides is 2. The van der Waals surface area contributed by atoms with Crippen molar-refractivity contribution in [2.24, 2.45) is 52.3 Å². The summed E-state index contributed by atoms with van der Waals surface area (Å²) in [6, 6.07) is 0. The molecule has 0 aromatic heterocycles. The first-order valence-electron chi connectivity index (χ1n) is 15.9. The lowest BCUT2D eigenvalue weighted by molar-refractivity contribution is -0.159. The van der Waals surface area contributed by atoms with Gasteiger partial charge in [0.05, 0.1) is 0 Å². The number of carbonyl (C=O) groups is 1. The molecule has 4 saturated carbocycles. The summed E-state index contributed by atoms with van der Waals surface area (Å²) < 4.78 is 6.10. The lowest BCUT2D eigenvalue weighted by atomic mass is 9.44. The van der Waals surface area contributed by atoms with Crippen LogP contribution in [0.5, 0.6) is 0 Å². The molecule has 4 fully saturated rings. The van der Waals surface area contributed by atoms with Crippen LogP contribution in [-0.2, 0) is 9.53 Å². The van der Waals surface area contributed by atoms with Gasteiger partial charge in [0, 0.05) is 22.0 Å². The summed E-state index contributed by atoms with van der Waals surface area (Å²) in [5.41, 5.74) is 0.780. The molecule has 4 aliphatic rings. The van der Waals surface area contributed by atoms with E-state index in [1.807, 2.05) is 0 Å². The fraction of sp³-hybridized carbons (Fsp3) is 0.970. The Hall–Kier alpha value is 0.430. The molecule has 0 aromatic rings. The van der Waals surface area contributed by atoms with Crippen molar-refractivity contribution in [1.82, 2.24) is 0 Å². The van der Waals surface area contributed by atoms with Gasteiger partial charge in [-0.15, -0.1) is 0 Å². The van der Waals surface area contributed by atoms with Gasteiger partial charge in [-0.1, -0.05) is 106 Å². The zero-order valence-electron chi connectivity index (χ0n) is 25.0. The first-order chi connectivity index (χ1) is 17.4. The summed E-state index contributed by atoms with van der Waals surface area (Å²) in [4.78, 5) is 13.1. The molecule has 4 heteroatoms. The minimum Gasteiger partial charge on any atom is -0.462 e. The van der Waals surface area contributed by atoms with Crippen LogP contribution in [-0.4, -0.2) is 21.2 Å². The van der Waals surface area contributed by atoms with E-state index in [-0.39, 0.29) is 21.8 Å². The van der Waals surface area contributed by atoms with Crippen molar-refractivity contribution in [1.29, 1.82) is 0 Å². The van der Waals surface area contributed by atoms with Crippen LogP contribution in [0.3, 0.4) is 0 Å². The van der Waals surface area contributed by atoms with Crippen molar-refractivity contribution in [2.45, 2.75) is 147 Å². The molecule has 214 valence electrons. The minimum absolute atomic E-state index is 0.00630. The molecule has 37 heavy (non-hydrogen) atoms. The highest BCUT2D eigenvalue weighted by Crippen LogP contribution is 2.71. The van der Waals surface area contributed by atoms with Gasteiger partial charge in [0.2, 0.25) is 0 Å². The van der Waals surface area contributed by atoms with Crippen LogP contribution in [0.4, 0.5) is 0 Å². The normalized spacial score (nSPS) is 45.0. The molecule has 0 N–H and O–H groups in total. The molecular formula is C33H56Br2O2. The zero-order chi connectivity index (χ0) is 27.2. The number of fused-ring (bicyclic) bond motifs is 5. The topological polar surface area (TPSA) is 26.3 Å². The van der Waals surface area contributed by atoms with Gasteiger partial charge in [0.1, 0.15) is 6.10 Å². The number of esters is 1. The second-order valence-electron chi connectivity index (χ2n) is 15.0. The molecular weight excluding hydrogens is 588 g/mol. The standard InChI is InChI=1S/C33H56Br2O2/c1-8-22(4)18-30(36)37-24-14-17-32(7)28-15-16-31(6)26(23(5)11-9-10-21(2)3)12-13-27(31)25(28)19-29(34)33(32,35)20-24/h21-29H,8-20H2,1-7H3/t22-,23-,24+,25-,26+,27-,28-,29-,31+,32+,33+/m0/s1. The fourth-order valence-corrected chi connectivity index (χ4v) is 12.1. The van der Waals surface area contributed by atoms with E-state index in [0.717, 1.165) is 54.8 Å². The van der Waals surface area contributed by atoms with Crippen LogP contribution in [0.2, 0.25) is 0 Å². The van der Waals surface area contributed by atoms with E-state index < -0.39 is 0 Å². The average Bonchev–Trinajstić information content (AvgIpc) is 3.18. The molecule has 0 saturated heterocycles. The SMILES string of the molecule is CC[C@H](C)CC(=O)O[C@@H]1CC[C@]2(C)[C@H]3CC[C@]4(C)[C@@H]([C@@H](C)CCCC(C)C)CC[C@H]4[C@@H]3C[C@H](Br)[C@]2(Br)C1. The predicted octanol–water partition coefficient (Wildman–Crippen LogP) is 10.3. The Morgan fingerprint density at radius 2 is 1.73 bits per heavy atom.